The second-order valence-corrected chi connectivity index (χ2v) is 8.22. The molecule has 150 valence electrons. The van der Waals surface area contributed by atoms with Crippen LogP contribution >= 0.6 is 0 Å². The van der Waals surface area contributed by atoms with E-state index in [1.807, 2.05) is 18.0 Å². The molecular formula is C21H28N4O3. The summed E-state index contributed by atoms with van der Waals surface area (Å²) in [6.45, 7) is 6.68. The van der Waals surface area contributed by atoms with Gasteiger partial charge in [-0.05, 0) is 49.9 Å². The number of hydrogen-bond donors (Lipinski definition) is 0. The summed E-state index contributed by atoms with van der Waals surface area (Å²) in [6, 6.07) is 1.85. The van der Waals surface area contributed by atoms with E-state index in [1.165, 1.54) is 12.7 Å². The monoisotopic (exact) mass is 384 g/mol. The number of pyridine rings is 1. The topological polar surface area (TPSA) is 67.7 Å². The van der Waals surface area contributed by atoms with Gasteiger partial charge < -0.3 is 14.2 Å². The van der Waals surface area contributed by atoms with Gasteiger partial charge >= 0.3 is 5.97 Å². The molecule has 2 saturated heterocycles. The van der Waals surface area contributed by atoms with E-state index in [9.17, 15) is 9.59 Å². The standard InChI is InChI=1S/C21H28N4O3/c1-4-25-13-15(16-9-17(20(27)28-3)22-11-18(16)25)12-24-7-5-21(6-8-24)10-19(26)23(2)14-21/h9,11,13H,4-8,10,12,14H2,1-3H3. The van der Waals surface area contributed by atoms with Crippen LogP contribution in [-0.4, -0.2) is 65.0 Å². The van der Waals surface area contributed by atoms with Crippen LogP contribution in [0, 0.1) is 5.41 Å². The fraction of sp³-hybridized carbons (Fsp3) is 0.571. The number of nitrogens with zero attached hydrogens (tertiary/aromatic N) is 4. The third-order valence-corrected chi connectivity index (χ3v) is 6.42. The molecule has 0 saturated carbocycles. The molecule has 0 bridgehead atoms. The van der Waals surface area contributed by atoms with E-state index < -0.39 is 5.97 Å². The molecule has 0 radical (unpaired) electrons. The first-order chi connectivity index (χ1) is 13.4. The number of ether oxygens (including phenoxy) is 1. The fourth-order valence-corrected chi connectivity index (χ4v) is 4.73. The van der Waals surface area contributed by atoms with Gasteiger partial charge in [0.05, 0.1) is 18.8 Å². The van der Waals surface area contributed by atoms with Crippen LogP contribution in [0.4, 0.5) is 0 Å². The minimum absolute atomic E-state index is 0.168. The molecule has 0 atom stereocenters. The van der Waals surface area contributed by atoms with Crippen LogP contribution in [0.5, 0.6) is 0 Å². The van der Waals surface area contributed by atoms with Gasteiger partial charge in [-0.15, -0.1) is 0 Å². The highest BCUT2D eigenvalue weighted by Gasteiger charge is 2.43. The lowest BCUT2D eigenvalue weighted by Crippen LogP contribution is -2.40. The Morgan fingerprint density at radius 2 is 2.07 bits per heavy atom. The molecule has 4 rings (SSSR count). The molecular weight excluding hydrogens is 356 g/mol. The number of methoxy groups -OCH3 is 1. The van der Waals surface area contributed by atoms with E-state index in [1.54, 1.807) is 6.20 Å². The summed E-state index contributed by atoms with van der Waals surface area (Å²) in [4.78, 5) is 32.5. The average molecular weight is 384 g/mol. The first-order valence-corrected chi connectivity index (χ1v) is 9.97. The first kappa shape index (κ1) is 18.9. The van der Waals surface area contributed by atoms with E-state index >= 15 is 0 Å². The van der Waals surface area contributed by atoms with Crippen molar-refractivity contribution in [2.75, 3.05) is 33.8 Å². The number of aromatic nitrogens is 2. The molecule has 0 unspecified atom stereocenters. The van der Waals surface area contributed by atoms with Crippen LogP contribution in [0.3, 0.4) is 0 Å². The molecule has 1 spiro atoms. The molecule has 0 N–H and O–H groups in total. The van der Waals surface area contributed by atoms with Gasteiger partial charge in [0.1, 0.15) is 5.69 Å². The van der Waals surface area contributed by atoms with Crippen LogP contribution in [0.1, 0.15) is 42.2 Å². The largest absolute Gasteiger partial charge is 0.464 e. The zero-order chi connectivity index (χ0) is 19.9. The Balaban J connectivity index is 1.53. The molecule has 0 aliphatic carbocycles. The summed E-state index contributed by atoms with van der Waals surface area (Å²) >= 11 is 0. The number of carbonyl (C=O) groups excluding carboxylic acids is 2. The van der Waals surface area contributed by atoms with Crippen molar-refractivity contribution < 1.29 is 14.3 Å². The van der Waals surface area contributed by atoms with E-state index in [4.69, 9.17) is 4.74 Å². The number of likely N-dealkylation sites (tertiary alicyclic amines) is 2. The Hall–Kier alpha value is -2.41. The predicted molar refractivity (Wildman–Crippen MR) is 106 cm³/mol. The van der Waals surface area contributed by atoms with Crippen molar-refractivity contribution in [3.8, 4) is 0 Å². The van der Waals surface area contributed by atoms with Gasteiger partial charge in [-0.25, -0.2) is 9.78 Å². The lowest BCUT2D eigenvalue weighted by atomic mass is 9.77. The average Bonchev–Trinajstić information content (AvgIpc) is 3.19. The number of aryl methyl sites for hydroxylation is 1. The normalized spacial score (nSPS) is 19.7. The SMILES string of the molecule is CCn1cc(CN2CCC3(CC2)CC(=O)N(C)C3)c2cc(C(=O)OC)ncc21. The molecule has 2 aliphatic heterocycles. The second-order valence-electron chi connectivity index (χ2n) is 8.22. The summed E-state index contributed by atoms with van der Waals surface area (Å²) in [5.74, 6) is -0.130. The van der Waals surface area contributed by atoms with E-state index in [2.05, 4.69) is 27.6 Å². The maximum Gasteiger partial charge on any atom is 0.356 e. The molecule has 4 heterocycles. The van der Waals surface area contributed by atoms with Gasteiger partial charge in [0.25, 0.3) is 0 Å². The summed E-state index contributed by atoms with van der Waals surface area (Å²) in [6.07, 6.45) is 6.75. The van der Waals surface area contributed by atoms with Crippen LogP contribution in [0.15, 0.2) is 18.5 Å². The predicted octanol–water partition coefficient (Wildman–Crippen LogP) is 2.29. The van der Waals surface area contributed by atoms with Gasteiger partial charge in [0, 0.05) is 44.7 Å². The summed E-state index contributed by atoms with van der Waals surface area (Å²) in [7, 11) is 3.29. The van der Waals surface area contributed by atoms with Gasteiger partial charge in [0.15, 0.2) is 0 Å². The molecule has 28 heavy (non-hydrogen) atoms. The third kappa shape index (κ3) is 3.28. The number of fused-ring (bicyclic) bond motifs is 1. The number of rotatable bonds is 4. The number of amides is 1. The van der Waals surface area contributed by atoms with Crippen molar-refractivity contribution in [2.45, 2.75) is 39.3 Å². The molecule has 2 fully saturated rings. The van der Waals surface area contributed by atoms with Gasteiger partial charge in [-0.1, -0.05) is 0 Å². The van der Waals surface area contributed by atoms with Crippen LogP contribution < -0.4 is 0 Å². The number of piperidine rings is 1. The van der Waals surface area contributed by atoms with Gasteiger partial charge in [-0.2, -0.15) is 0 Å². The molecule has 7 heteroatoms. The Bertz CT molecular complexity index is 912. The van der Waals surface area contributed by atoms with E-state index in [0.717, 1.165) is 56.5 Å². The van der Waals surface area contributed by atoms with E-state index in [0.29, 0.717) is 12.1 Å². The lowest BCUT2D eigenvalue weighted by Gasteiger charge is -2.38. The zero-order valence-corrected chi connectivity index (χ0v) is 16.9. The van der Waals surface area contributed by atoms with Gasteiger partial charge in [-0.3, -0.25) is 9.69 Å². The Morgan fingerprint density at radius 1 is 1.32 bits per heavy atom. The van der Waals surface area contributed by atoms with Crippen molar-refractivity contribution in [3.63, 3.8) is 0 Å². The molecule has 7 nitrogen and oxygen atoms in total. The van der Waals surface area contributed by atoms with Crippen molar-refractivity contribution in [2.24, 2.45) is 5.41 Å². The maximum absolute atomic E-state index is 12.0. The maximum atomic E-state index is 12.0. The smallest absolute Gasteiger partial charge is 0.356 e. The molecule has 2 aliphatic rings. The first-order valence-electron chi connectivity index (χ1n) is 9.97. The minimum Gasteiger partial charge on any atom is -0.464 e. The summed E-state index contributed by atoms with van der Waals surface area (Å²) in [5, 5.41) is 1.06. The van der Waals surface area contributed by atoms with Crippen LogP contribution in [-0.2, 0) is 22.6 Å². The zero-order valence-electron chi connectivity index (χ0n) is 16.9. The number of hydrogen-bond acceptors (Lipinski definition) is 5. The number of carbonyl (C=O) groups is 2. The molecule has 0 aromatic carbocycles. The van der Waals surface area contributed by atoms with Crippen molar-refractivity contribution in [3.05, 3.63) is 29.7 Å². The third-order valence-electron chi connectivity index (χ3n) is 6.42. The summed E-state index contributed by atoms with van der Waals surface area (Å²) in [5.41, 5.74) is 2.76. The fourth-order valence-electron chi connectivity index (χ4n) is 4.73. The minimum atomic E-state index is -0.410. The van der Waals surface area contributed by atoms with E-state index in [-0.39, 0.29) is 11.3 Å². The van der Waals surface area contributed by atoms with Crippen LogP contribution in [0.2, 0.25) is 0 Å². The Morgan fingerprint density at radius 3 is 2.68 bits per heavy atom. The van der Waals surface area contributed by atoms with Crippen LogP contribution in [0.25, 0.3) is 10.9 Å². The molecule has 2 aromatic rings. The lowest BCUT2D eigenvalue weighted by molar-refractivity contribution is -0.126. The second kappa shape index (κ2) is 7.20. The molecule has 2 aromatic heterocycles. The highest BCUT2D eigenvalue weighted by molar-refractivity contribution is 5.93. The Labute approximate surface area is 165 Å². The quantitative estimate of drug-likeness (QED) is 0.757. The summed E-state index contributed by atoms with van der Waals surface area (Å²) < 4.78 is 7.00. The van der Waals surface area contributed by atoms with Gasteiger partial charge in [0.2, 0.25) is 5.91 Å². The number of esters is 1. The highest BCUT2D eigenvalue weighted by Crippen LogP contribution is 2.40. The molecule has 1 amide bonds. The van der Waals surface area contributed by atoms with Crippen molar-refractivity contribution in [1.29, 1.82) is 0 Å². The van der Waals surface area contributed by atoms with Crippen molar-refractivity contribution >= 4 is 22.8 Å². The van der Waals surface area contributed by atoms with Crippen molar-refractivity contribution in [1.82, 2.24) is 19.4 Å². The highest BCUT2D eigenvalue weighted by atomic mass is 16.5. The Kier molecular flexibility index (Phi) is 4.87.